The summed E-state index contributed by atoms with van der Waals surface area (Å²) >= 11 is 0. The number of aliphatic hydroxyl groups is 1. The van der Waals surface area contributed by atoms with Crippen molar-refractivity contribution in [3.63, 3.8) is 0 Å². The van der Waals surface area contributed by atoms with Gasteiger partial charge in [0.2, 0.25) is 0 Å². The highest BCUT2D eigenvalue weighted by Gasteiger charge is 2.48. The lowest BCUT2D eigenvalue weighted by atomic mass is 10.1. The van der Waals surface area contributed by atoms with E-state index in [0.717, 1.165) is 0 Å². The Morgan fingerprint density at radius 2 is 2.17 bits per heavy atom. The average molecular weight is 344 g/mol. The molecule has 2 aromatic rings. The Morgan fingerprint density at radius 3 is 2.83 bits per heavy atom. The molecule has 2 aromatic heterocycles. The van der Waals surface area contributed by atoms with Crippen molar-refractivity contribution in [2.75, 3.05) is 19.5 Å². The number of ether oxygens (including phenoxy) is 2. The number of nitrogen functional groups attached to an aromatic ring is 1. The Kier molecular flexibility index (Phi) is 4.69. The largest absolute Gasteiger partial charge is 0.394 e. The van der Waals surface area contributed by atoms with E-state index in [1.54, 1.807) is 4.57 Å². The predicted molar refractivity (Wildman–Crippen MR) is 79.7 cm³/mol. The molecule has 5 atom stereocenters. The third kappa shape index (κ3) is 2.88. The van der Waals surface area contributed by atoms with Crippen LogP contribution >= 0.6 is 8.53 Å². The molecule has 0 aromatic carbocycles. The van der Waals surface area contributed by atoms with Gasteiger partial charge in [0.15, 0.2) is 17.7 Å². The number of imidazole rings is 1. The molecular weight excluding hydrogens is 327 g/mol. The molecule has 12 heteroatoms. The number of hydrogen-bond donors (Lipinski definition) is 4. The number of anilines is 1. The quantitative estimate of drug-likeness (QED) is 0.488. The maximum atomic E-state index is 9.49. The first kappa shape index (κ1) is 16.4. The summed E-state index contributed by atoms with van der Waals surface area (Å²) in [5, 5.41) is 9.49. The maximum Gasteiger partial charge on any atom is 0.250 e. The van der Waals surface area contributed by atoms with Gasteiger partial charge in [0.05, 0.1) is 12.9 Å². The minimum atomic E-state index is -2.13. The van der Waals surface area contributed by atoms with Crippen LogP contribution in [0.15, 0.2) is 12.7 Å². The summed E-state index contributed by atoms with van der Waals surface area (Å²) in [5.41, 5.74) is 12.0. The topological polar surface area (TPSA) is 164 Å². The van der Waals surface area contributed by atoms with Crippen molar-refractivity contribution in [2.45, 2.75) is 24.5 Å². The molecule has 1 aliphatic rings. The van der Waals surface area contributed by atoms with Gasteiger partial charge >= 0.3 is 0 Å². The monoisotopic (exact) mass is 344 g/mol. The molecule has 3 heterocycles. The van der Waals surface area contributed by atoms with Crippen LogP contribution in [0.2, 0.25) is 0 Å². The Hall–Kier alpha value is -1.46. The van der Waals surface area contributed by atoms with Gasteiger partial charge in [-0.3, -0.25) is 10.1 Å². The number of rotatable bonds is 5. The lowest BCUT2D eigenvalue weighted by molar-refractivity contribution is -0.0583. The fourth-order valence-electron chi connectivity index (χ4n) is 2.64. The number of aliphatic hydroxyl groups excluding tert-OH is 1. The molecule has 1 aliphatic heterocycles. The van der Waals surface area contributed by atoms with Crippen molar-refractivity contribution < 1.29 is 24.0 Å². The summed E-state index contributed by atoms with van der Waals surface area (Å²) in [6.45, 7) is -0.325. The van der Waals surface area contributed by atoms with Crippen LogP contribution in [-0.4, -0.2) is 61.5 Å². The van der Waals surface area contributed by atoms with Gasteiger partial charge in [0.25, 0.3) is 8.53 Å². The van der Waals surface area contributed by atoms with E-state index in [1.165, 1.54) is 19.8 Å². The Balaban J connectivity index is 1.99. The molecule has 126 valence electrons. The van der Waals surface area contributed by atoms with Gasteiger partial charge in [-0.2, -0.15) is 0 Å². The summed E-state index contributed by atoms with van der Waals surface area (Å²) in [6.07, 6.45) is 0.0255. The number of methoxy groups -OCH3 is 1. The number of nitrogens with zero attached hydrogens (tertiary/aromatic N) is 4. The molecule has 23 heavy (non-hydrogen) atoms. The minimum Gasteiger partial charge on any atom is -0.394 e. The summed E-state index contributed by atoms with van der Waals surface area (Å²) in [6, 6.07) is 0. The van der Waals surface area contributed by atoms with Crippen LogP contribution in [0, 0.1) is 0 Å². The molecule has 0 saturated carbocycles. The summed E-state index contributed by atoms with van der Waals surface area (Å²) < 4.78 is 18.1. The number of nitrogens with two attached hydrogens (primary N) is 2. The van der Waals surface area contributed by atoms with E-state index in [-0.39, 0.29) is 12.4 Å². The number of hydrogen-bond acceptors (Lipinski definition) is 10. The van der Waals surface area contributed by atoms with Crippen molar-refractivity contribution >= 4 is 25.5 Å². The lowest BCUT2D eigenvalue weighted by Gasteiger charge is -2.23. The van der Waals surface area contributed by atoms with Crippen molar-refractivity contribution in [2.24, 2.45) is 5.50 Å². The van der Waals surface area contributed by atoms with Crippen molar-refractivity contribution in [1.82, 2.24) is 19.5 Å². The van der Waals surface area contributed by atoms with E-state index in [4.69, 9.17) is 25.2 Å². The molecule has 0 spiro atoms. The summed E-state index contributed by atoms with van der Waals surface area (Å²) in [5.74, 6) is 0.244. The third-order valence-corrected chi connectivity index (χ3v) is 4.09. The van der Waals surface area contributed by atoms with Crippen molar-refractivity contribution in [1.29, 1.82) is 0 Å². The van der Waals surface area contributed by atoms with E-state index in [2.05, 4.69) is 15.0 Å². The van der Waals surface area contributed by atoms with Gasteiger partial charge in [-0.15, -0.1) is 0 Å². The van der Waals surface area contributed by atoms with E-state index in [0.29, 0.717) is 11.2 Å². The van der Waals surface area contributed by atoms with Crippen LogP contribution < -0.4 is 11.2 Å². The van der Waals surface area contributed by atoms with Gasteiger partial charge < -0.3 is 29.7 Å². The van der Waals surface area contributed by atoms with Crippen LogP contribution in [0.25, 0.3) is 11.2 Å². The Bertz CT molecular complexity index is 684. The first-order chi connectivity index (χ1) is 11.1. The second-order valence-corrected chi connectivity index (χ2v) is 5.72. The number of fused-ring (bicyclic) bond motifs is 1. The average Bonchev–Trinajstić information content (AvgIpc) is 3.08. The molecule has 11 nitrogen and oxygen atoms in total. The van der Waals surface area contributed by atoms with Crippen LogP contribution in [-0.2, 0) is 14.0 Å². The predicted octanol–water partition coefficient (Wildman–Crippen LogP) is -1.12. The molecule has 1 fully saturated rings. The normalized spacial score (nSPS) is 29.2. The second-order valence-electron chi connectivity index (χ2n) is 4.90. The van der Waals surface area contributed by atoms with Crippen LogP contribution in [0.1, 0.15) is 6.23 Å². The summed E-state index contributed by atoms with van der Waals surface area (Å²) in [4.78, 5) is 21.5. The van der Waals surface area contributed by atoms with Crippen LogP contribution in [0.3, 0.4) is 0 Å². The summed E-state index contributed by atoms with van der Waals surface area (Å²) in [7, 11) is -0.666. The SMILES string of the molecule is CO[C@@H]1[C@H](OP(N)O)[C@@H](CO)O[C@H]1n1cnc2c(N)ncnc21. The fraction of sp³-hybridized carbons (Fsp3) is 0.545. The van der Waals surface area contributed by atoms with Crippen LogP contribution in [0.5, 0.6) is 0 Å². The molecule has 0 radical (unpaired) electrons. The van der Waals surface area contributed by atoms with Gasteiger partial charge in [-0.1, -0.05) is 0 Å². The molecule has 1 unspecified atom stereocenters. The van der Waals surface area contributed by atoms with Gasteiger partial charge in [-0.05, 0) is 0 Å². The van der Waals surface area contributed by atoms with Gasteiger partial charge in [0.1, 0.15) is 30.2 Å². The Morgan fingerprint density at radius 1 is 1.39 bits per heavy atom. The van der Waals surface area contributed by atoms with Gasteiger partial charge in [0, 0.05) is 7.11 Å². The van der Waals surface area contributed by atoms with E-state index in [1.807, 2.05) is 0 Å². The first-order valence-corrected chi connectivity index (χ1v) is 7.97. The second kappa shape index (κ2) is 6.57. The lowest BCUT2D eigenvalue weighted by Crippen LogP contribution is -2.36. The smallest absolute Gasteiger partial charge is 0.250 e. The zero-order valence-electron chi connectivity index (χ0n) is 12.2. The third-order valence-electron chi connectivity index (χ3n) is 3.63. The highest BCUT2D eigenvalue weighted by atomic mass is 31.2. The molecule has 6 N–H and O–H groups in total. The molecule has 0 amide bonds. The maximum absolute atomic E-state index is 9.49. The molecule has 0 bridgehead atoms. The van der Waals surface area contributed by atoms with E-state index < -0.39 is 33.1 Å². The molecular formula is C11H17N6O5P. The van der Waals surface area contributed by atoms with Crippen molar-refractivity contribution in [3.8, 4) is 0 Å². The fourth-order valence-corrected chi connectivity index (χ4v) is 3.14. The van der Waals surface area contributed by atoms with E-state index in [9.17, 15) is 10.00 Å². The zero-order chi connectivity index (χ0) is 16.6. The standard InChI is InChI=1S/C11H17N6O5P/c1-20-8-7(22-23(13)19)5(2-18)21-11(8)17-4-16-6-9(12)14-3-15-10(6)17/h3-5,7-8,11,18-19H,2,13H2,1H3,(H2,12,14,15)/t5-,7-,8-,11-,23?/m1/s1. The van der Waals surface area contributed by atoms with E-state index >= 15 is 0 Å². The van der Waals surface area contributed by atoms with Gasteiger partial charge in [-0.25, -0.2) is 15.0 Å². The Labute approximate surface area is 132 Å². The van der Waals surface area contributed by atoms with Crippen LogP contribution in [0.4, 0.5) is 5.82 Å². The minimum absolute atomic E-state index is 0.244. The first-order valence-electron chi connectivity index (χ1n) is 6.69. The molecule has 1 saturated heterocycles. The molecule has 3 rings (SSSR count). The highest BCUT2D eigenvalue weighted by molar-refractivity contribution is 7.43. The van der Waals surface area contributed by atoms with Crippen molar-refractivity contribution in [3.05, 3.63) is 12.7 Å². The highest BCUT2D eigenvalue weighted by Crippen LogP contribution is 2.39. The zero-order valence-corrected chi connectivity index (χ0v) is 13.1. The molecule has 0 aliphatic carbocycles. The number of aromatic nitrogens is 4.